The number of nitrogens with one attached hydrogen (secondary N) is 1. The maximum absolute atomic E-state index is 5.62. The van der Waals surface area contributed by atoms with E-state index in [0.717, 1.165) is 11.8 Å². The van der Waals surface area contributed by atoms with Crippen molar-refractivity contribution in [1.29, 1.82) is 0 Å². The SMILES string of the molecule is NNC(CC1CCCCC1)CC1CC1. The normalized spacial score (nSPS) is 26.4. The molecule has 2 rings (SSSR count). The van der Waals surface area contributed by atoms with Crippen LogP contribution in [0.2, 0.25) is 0 Å². The van der Waals surface area contributed by atoms with Crippen molar-refractivity contribution in [3.05, 3.63) is 0 Å². The lowest BCUT2D eigenvalue weighted by molar-refractivity contribution is 0.287. The molecular formula is C12H24N2. The zero-order valence-corrected chi connectivity index (χ0v) is 9.17. The van der Waals surface area contributed by atoms with Gasteiger partial charge in [-0.1, -0.05) is 44.9 Å². The van der Waals surface area contributed by atoms with Crippen LogP contribution in [-0.2, 0) is 0 Å². The van der Waals surface area contributed by atoms with Gasteiger partial charge in [-0.05, 0) is 24.7 Å². The summed E-state index contributed by atoms with van der Waals surface area (Å²) in [5, 5.41) is 0. The first-order valence-electron chi connectivity index (χ1n) is 6.34. The van der Waals surface area contributed by atoms with Crippen LogP contribution >= 0.6 is 0 Å². The summed E-state index contributed by atoms with van der Waals surface area (Å²) in [4.78, 5) is 0. The Bertz CT molecular complexity index is 160. The highest BCUT2D eigenvalue weighted by Crippen LogP contribution is 2.36. The molecule has 3 N–H and O–H groups in total. The van der Waals surface area contributed by atoms with Crippen molar-refractivity contribution >= 4 is 0 Å². The molecule has 2 aliphatic carbocycles. The molecule has 82 valence electrons. The van der Waals surface area contributed by atoms with Crippen LogP contribution in [0, 0.1) is 11.8 Å². The summed E-state index contributed by atoms with van der Waals surface area (Å²) in [5.74, 6) is 7.58. The molecule has 0 heterocycles. The lowest BCUT2D eigenvalue weighted by atomic mass is 9.84. The van der Waals surface area contributed by atoms with Crippen molar-refractivity contribution in [2.45, 2.75) is 63.8 Å². The predicted molar refractivity (Wildman–Crippen MR) is 59.6 cm³/mol. The van der Waals surface area contributed by atoms with Gasteiger partial charge in [0.1, 0.15) is 0 Å². The summed E-state index contributed by atoms with van der Waals surface area (Å²) in [5.41, 5.74) is 3.02. The largest absolute Gasteiger partial charge is 0.271 e. The summed E-state index contributed by atoms with van der Waals surface area (Å²) in [6, 6.07) is 0.602. The second-order valence-corrected chi connectivity index (χ2v) is 5.28. The van der Waals surface area contributed by atoms with E-state index in [-0.39, 0.29) is 0 Å². The second-order valence-electron chi connectivity index (χ2n) is 5.28. The van der Waals surface area contributed by atoms with Gasteiger partial charge in [-0.15, -0.1) is 0 Å². The zero-order chi connectivity index (χ0) is 9.80. The average molecular weight is 196 g/mol. The molecule has 1 atom stereocenters. The molecule has 0 aliphatic heterocycles. The standard InChI is InChI=1S/C12H24N2/c13-14-12(9-11-6-7-11)8-10-4-2-1-3-5-10/h10-12,14H,1-9,13H2. The molecule has 14 heavy (non-hydrogen) atoms. The second kappa shape index (κ2) is 5.13. The van der Waals surface area contributed by atoms with Crippen molar-refractivity contribution < 1.29 is 0 Å². The van der Waals surface area contributed by atoms with Gasteiger partial charge in [-0.3, -0.25) is 11.3 Å². The third kappa shape index (κ3) is 3.25. The molecule has 2 aliphatic rings. The number of hydrogen-bond donors (Lipinski definition) is 2. The van der Waals surface area contributed by atoms with Crippen LogP contribution in [0.4, 0.5) is 0 Å². The van der Waals surface area contributed by atoms with Gasteiger partial charge >= 0.3 is 0 Å². The highest BCUT2D eigenvalue weighted by Gasteiger charge is 2.26. The van der Waals surface area contributed by atoms with Crippen LogP contribution in [0.15, 0.2) is 0 Å². The van der Waals surface area contributed by atoms with E-state index >= 15 is 0 Å². The Labute approximate surface area is 87.6 Å². The molecule has 0 bridgehead atoms. The third-order valence-electron chi connectivity index (χ3n) is 3.89. The van der Waals surface area contributed by atoms with Crippen molar-refractivity contribution in [1.82, 2.24) is 5.43 Å². The zero-order valence-electron chi connectivity index (χ0n) is 9.17. The molecule has 0 aromatic rings. The molecule has 0 saturated heterocycles. The topological polar surface area (TPSA) is 38.0 Å². The lowest BCUT2D eigenvalue weighted by Crippen LogP contribution is -2.37. The Balaban J connectivity index is 1.68. The summed E-state index contributed by atoms with van der Waals surface area (Å²) in [6.45, 7) is 0. The van der Waals surface area contributed by atoms with Crippen LogP contribution in [0.3, 0.4) is 0 Å². The highest BCUT2D eigenvalue weighted by atomic mass is 15.2. The fourth-order valence-corrected chi connectivity index (χ4v) is 2.81. The summed E-state index contributed by atoms with van der Waals surface area (Å²) in [7, 11) is 0. The monoisotopic (exact) mass is 196 g/mol. The smallest absolute Gasteiger partial charge is 0.0215 e. The van der Waals surface area contributed by atoms with Crippen molar-refractivity contribution in [3.8, 4) is 0 Å². The lowest BCUT2D eigenvalue weighted by Gasteiger charge is -2.26. The molecule has 2 heteroatoms. The van der Waals surface area contributed by atoms with Crippen LogP contribution in [0.25, 0.3) is 0 Å². The Morgan fingerprint density at radius 2 is 1.50 bits per heavy atom. The molecule has 2 nitrogen and oxygen atoms in total. The molecule has 0 radical (unpaired) electrons. The number of hydrazine groups is 1. The fraction of sp³-hybridized carbons (Fsp3) is 1.00. The van der Waals surface area contributed by atoms with Gasteiger partial charge in [0.15, 0.2) is 0 Å². The molecule has 1 unspecified atom stereocenters. The van der Waals surface area contributed by atoms with Gasteiger partial charge < -0.3 is 0 Å². The highest BCUT2D eigenvalue weighted by molar-refractivity contribution is 4.81. The molecule has 0 aromatic heterocycles. The van der Waals surface area contributed by atoms with Gasteiger partial charge in [0.25, 0.3) is 0 Å². The van der Waals surface area contributed by atoms with Crippen LogP contribution in [0.5, 0.6) is 0 Å². The minimum Gasteiger partial charge on any atom is -0.271 e. The van der Waals surface area contributed by atoms with E-state index in [4.69, 9.17) is 5.84 Å². The van der Waals surface area contributed by atoms with Gasteiger partial charge in [-0.25, -0.2) is 0 Å². The maximum atomic E-state index is 5.62. The van der Waals surface area contributed by atoms with Gasteiger partial charge in [-0.2, -0.15) is 0 Å². The first-order chi connectivity index (χ1) is 6.88. The van der Waals surface area contributed by atoms with Crippen molar-refractivity contribution in [3.63, 3.8) is 0 Å². The average Bonchev–Trinajstić information content (AvgIpc) is 3.02. The summed E-state index contributed by atoms with van der Waals surface area (Å²) >= 11 is 0. The molecule has 0 amide bonds. The Morgan fingerprint density at radius 3 is 2.00 bits per heavy atom. The summed E-state index contributed by atoms with van der Waals surface area (Å²) < 4.78 is 0. The van der Waals surface area contributed by atoms with Crippen molar-refractivity contribution in [2.75, 3.05) is 0 Å². The Kier molecular flexibility index (Phi) is 3.82. The van der Waals surface area contributed by atoms with Gasteiger partial charge in [0.2, 0.25) is 0 Å². The van der Waals surface area contributed by atoms with Gasteiger partial charge in [0.05, 0.1) is 0 Å². The molecule has 2 saturated carbocycles. The van der Waals surface area contributed by atoms with E-state index in [0.29, 0.717) is 6.04 Å². The molecule has 0 aromatic carbocycles. The Hall–Kier alpha value is -0.0800. The first kappa shape index (κ1) is 10.4. The maximum Gasteiger partial charge on any atom is 0.0215 e. The van der Waals surface area contributed by atoms with Gasteiger partial charge in [0, 0.05) is 6.04 Å². The van der Waals surface area contributed by atoms with Crippen LogP contribution in [-0.4, -0.2) is 6.04 Å². The Morgan fingerprint density at radius 1 is 0.929 bits per heavy atom. The van der Waals surface area contributed by atoms with E-state index in [9.17, 15) is 0 Å². The van der Waals surface area contributed by atoms with E-state index in [1.807, 2.05) is 0 Å². The third-order valence-corrected chi connectivity index (χ3v) is 3.89. The predicted octanol–water partition coefficient (Wildman–Crippen LogP) is 2.59. The number of hydrogen-bond acceptors (Lipinski definition) is 2. The van der Waals surface area contributed by atoms with Crippen LogP contribution in [0.1, 0.15) is 57.8 Å². The van der Waals surface area contributed by atoms with E-state index < -0.39 is 0 Å². The van der Waals surface area contributed by atoms with Crippen LogP contribution < -0.4 is 11.3 Å². The molecule has 2 fully saturated rings. The minimum absolute atomic E-state index is 0.602. The summed E-state index contributed by atoms with van der Waals surface area (Å²) in [6.07, 6.45) is 12.8. The molecule has 0 spiro atoms. The minimum atomic E-state index is 0.602. The quantitative estimate of drug-likeness (QED) is 0.524. The molecular weight excluding hydrogens is 172 g/mol. The van der Waals surface area contributed by atoms with E-state index in [1.165, 1.54) is 57.8 Å². The van der Waals surface area contributed by atoms with Crippen molar-refractivity contribution in [2.24, 2.45) is 17.7 Å². The number of rotatable bonds is 5. The number of nitrogens with two attached hydrogens (primary N) is 1. The van der Waals surface area contributed by atoms with E-state index in [2.05, 4.69) is 5.43 Å². The first-order valence-corrected chi connectivity index (χ1v) is 6.34. The van der Waals surface area contributed by atoms with E-state index in [1.54, 1.807) is 0 Å². The fourth-order valence-electron chi connectivity index (χ4n) is 2.81.